The fourth-order valence-corrected chi connectivity index (χ4v) is 2.53. The van der Waals surface area contributed by atoms with E-state index in [0.717, 1.165) is 5.56 Å². The second-order valence-electron chi connectivity index (χ2n) is 4.91. The summed E-state index contributed by atoms with van der Waals surface area (Å²) in [5.41, 5.74) is 1.63. The van der Waals surface area contributed by atoms with Gasteiger partial charge in [-0.3, -0.25) is 9.59 Å². The monoisotopic (exact) mass is 266 g/mol. The fourth-order valence-electron chi connectivity index (χ4n) is 2.53. The Labute approximate surface area is 117 Å². The number of ether oxygens (including phenoxy) is 1. The largest absolute Gasteiger partial charge is 0.426 e. The Morgan fingerprint density at radius 2 is 1.75 bits per heavy atom. The van der Waals surface area contributed by atoms with Gasteiger partial charge in [0.1, 0.15) is 5.75 Å². The van der Waals surface area contributed by atoms with Crippen molar-refractivity contribution in [3.63, 3.8) is 0 Å². The Bertz CT molecular complexity index is 646. The van der Waals surface area contributed by atoms with Crippen molar-refractivity contribution in [3.05, 3.63) is 65.7 Å². The summed E-state index contributed by atoms with van der Waals surface area (Å²) < 4.78 is 5.20. The van der Waals surface area contributed by atoms with Crippen molar-refractivity contribution in [2.45, 2.75) is 18.8 Å². The number of fused-ring (bicyclic) bond motifs is 1. The highest BCUT2D eigenvalue weighted by Crippen LogP contribution is 2.36. The molecule has 0 fully saturated rings. The first-order valence-corrected chi connectivity index (χ1v) is 6.62. The minimum atomic E-state index is -0.269. The van der Waals surface area contributed by atoms with E-state index in [-0.39, 0.29) is 24.1 Å². The van der Waals surface area contributed by atoms with Crippen molar-refractivity contribution in [1.82, 2.24) is 0 Å². The van der Waals surface area contributed by atoms with Gasteiger partial charge in [-0.05, 0) is 11.6 Å². The summed E-state index contributed by atoms with van der Waals surface area (Å²) in [6.07, 6.45) is 0.589. The van der Waals surface area contributed by atoms with Crippen molar-refractivity contribution in [2.75, 3.05) is 0 Å². The number of Topliss-reactive ketones (excluding diaryl/α,β-unsaturated/α-hetero) is 1. The van der Waals surface area contributed by atoms with Crippen LogP contribution in [0, 0.1) is 0 Å². The van der Waals surface area contributed by atoms with Crippen molar-refractivity contribution in [2.24, 2.45) is 0 Å². The van der Waals surface area contributed by atoms with Gasteiger partial charge in [0.15, 0.2) is 5.78 Å². The second-order valence-corrected chi connectivity index (χ2v) is 4.91. The lowest BCUT2D eigenvalue weighted by atomic mass is 9.87. The van der Waals surface area contributed by atoms with Crippen LogP contribution in [0.2, 0.25) is 0 Å². The highest BCUT2D eigenvalue weighted by atomic mass is 16.5. The van der Waals surface area contributed by atoms with Gasteiger partial charge in [-0.15, -0.1) is 0 Å². The fraction of sp³-hybridized carbons (Fsp3) is 0.176. The van der Waals surface area contributed by atoms with Crippen LogP contribution in [-0.4, -0.2) is 11.8 Å². The lowest BCUT2D eigenvalue weighted by Crippen LogP contribution is -2.22. The summed E-state index contributed by atoms with van der Waals surface area (Å²) in [7, 11) is 0. The Morgan fingerprint density at radius 1 is 1.05 bits per heavy atom. The molecule has 2 aromatic carbocycles. The van der Waals surface area contributed by atoms with Gasteiger partial charge < -0.3 is 4.74 Å². The van der Waals surface area contributed by atoms with Gasteiger partial charge in [-0.2, -0.15) is 0 Å². The minimum Gasteiger partial charge on any atom is -0.426 e. The molecule has 0 N–H and O–H groups in total. The van der Waals surface area contributed by atoms with Gasteiger partial charge in [-0.1, -0.05) is 48.5 Å². The molecule has 0 bridgehead atoms. The zero-order valence-corrected chi connectivity index (χ0v) is 10.9. The molecule has 100 valence electrons. The quantitative estimate of drug-likeness (QED) is 0.486. The van der Waals surface area contributed by atoms with Crippen LogP contribution in [0.5, 0.6) is 5.75 Å². The third-order valence-corrected chi connectivity index (χ3v) is 3.52. The van der Waals surface area contributed by atoms with Gasteiger partial charge in [0.25, 0.3) is 0 Å². The van der Waals surface area contributed by atoms with E-state index in [0.29, 0.717) is 17.7 Å². The molecule has 1 unspecified atom stereocenters. The van der Waals surface area contributed by atoms with Crippen molar-refractivity contribution in [3.8, 4) is 5.75 Å². The average molecular weight is 266 g/mol. The number of rotatable bonds is 3. The van der Waals surface area contributed by atoms with Gasteiger partial charge >= 0.3 is 5.97 Å². The molecule has 0 saturated heterocycles. The third-order valence-electron chi connectivity index (χ3n) is 3.52. The molecule has 20 heavy (non-hydrogen) atoms. The Morgan fingerprint density at radius 3 is 2.55 bits per heavy atom. The SMILES string of the molecule is O=C1CC(CC(=O)c2ccccc2)c2ccccc2O1. The number of hydrogen-bond acceptors (Lipinski definition) is 3. The van der Waals surface area contributed by atoms with E-state index in [2.05, 4.69) is 0 Å². The number of esters is 1. The number of benzene rings is 2. The zero-order chi connectivity index (χ0) is 13.9. The van der Waals surface area contributed by atoms with Crippen molar-refractivity contribution >= 4 is 11.8 Å². The van der Waals surface area contributed by atoms with E-state index < -0.39 is 0 Å². The molecule has 3 nitrogen and oxygen atoms in total. The summed E-state index contributed by atoms with van der Waals surface area (Å²) in [5.74, 6) is 0.268. The second kappa shape index (κ2) is 5.29. The first kappa shape index (κ1) is 12.6. The molecule has 0 radical (unpaired) electrons. The van der Waals surface area contributed by atoms with Crippen LogP contribution in [-0.2, 0) is 4.79 Å². The van der Waals surface area contributed by atoms with E-state index in [1.807, 2.05) is 36.4 Å². The van der Waals surface area contributed by atoms with Crippen molar-refractivity contribution < 1.29 is 14.3 Å². The van der Waals surface area contributed by atoms with Crippen LogP contribution >= 0.6 is 0 Å². The van der Waals surface area contributed by atoms with Gasteiger partial charge in [0.2, 0.25) is 0 Å². The van der Waals surface area contributed by atoms with Crippen LogP contribution in [0.15, 0.2) is 54.6 Å². The topological polar surface area (TPSA) is 43.4 Å². The molecule has 1 atom stereocenters. The van der Waals surface area contributed by atoms with E-state index in [1.54, 1.807) is 18.2 Å². The summed E-state index contributed by atoms with van der Waals surface area (Å²) >= 11 is 0. The molecular formula is C17H14O3. The maximum Gasteiger partial charge on any atom is 0.311 e. The number of hydrogen-bond donors (Lipinski definition) is 0. The molecule has 3 heteroatoms. The van der Waals surface area contributed by atoms with Gasteiger partial charge in [-0.25, -0.2) is 0 Å². The maximum absolute atomic E-state index is 12.3. The number of para-hydroxylation sites is 1. The molecule has 1 aliphatic rings. The van der Waals surface area contributed by atoms with Crippen LogP contribution in [0.1, 0.15) is 34.7 Å². The van der Waals surface area contributed by atoms with Gasteiger partial charge in [0, 0.05) is 17.9 Å². The number of carbonyl (C=O) groups is 2. The molecule has 0 saturated carbocycles. The van der Waals surface area contributed by atoms with Crippen LogP contribution in [0.25, 0.3) is 0 Å². The average Bonchev–Trinajstić information content (AvgIpc) is 2.48. The lowest BCUT2D eigenvalue weighted by Gasteiger charge is -2.23. The van der Waals surface area contributed by atoms with E-state index in [4.69, 9.17) is 4.74 Å². The molecule has 0 spiro atoms. The predicted octanol–water partition coefficient (Wildman–Crippen LogP) is 3.35. The highest BCUT2D eigenvalue weighted by Gasteiger charge is 2.28. The number of carbonyl (C=O) groups excluding carboxylic acids is 2. The molecule has 0 amide bonds. The lowest BCUT2D eigenvalue weighted by molar-refractivity contribution is -0.135. The van der Waals surface area contributed by atoms with Crippen LogP contribution in [0.4, 0.5) is 0 Å². The summed E-state index contributed by atoms with van der Waals surface area (Å²) in [5, 5.41) is 0. The molecule has 2 aromatic rings. The molecule has 0 aliphatic carbocycles. The number of ketones is 1. The molecular weight excluding hydrogens is 252 g/mol. The standard InChI is InChI=1S/C17H14O3/c18-15(12-6-2-1-3-7-12)10-13-11-17(19)20-16-9-5-4-8-14(13)16/h1-9,13H,10-11H2. The Kier molecular flexibility index (Phi) is 3.33. The first-order valence-electron chi connectivity index (χ1n) is 6.62. The summed E-state index contributed by atoms with van der Waals surface area (Å²) in [6.45, 7) is 0. The predicted molar refractivity (Wildman–Crippen MR) is 74.8 cm³/mol. The molecule has 1 aliphatic heterocycles. The zero-order valence-electron chi connectivity index (χ0n) is 10.9. The van der Waals surface area contributed by atoms with E-state index in [9.17, 15) is 9.59 Å². The molecule has 1 heterocycles. The minimum absolute atomic E-state index is 0.0557. The van der Waals surface area contributed by atoms with Gasteiger partial charge in [0.05, 0.1) is 6.42 Å². The summed E-state index contributed by atoms with van der Waals surface area (Å²) in [4.78, 5) is 23.9. The van der Waals surface area contributed by atoms with E-state index in [1.165, 1.54) is 0 Å². The van der Waals surface area contributed by atoms with Crippen molar-refractivity contribution in [1.29, 1.82) is 0 Å². The molecule has 3 rings (SSSR count). The Hall–Kier alpha value is -2.42. The summed E-state index contributed by atoms with van der Waals surface area (Å²) in [6, 6.07) is 16.6. The first-order chi connectivity index (χ1) is 9.74. The Balaban J connectivity index is 1.85. The van der Waals surface area contributed by atoms with E-state index >= 15 is 0 Å². The normalized spacial score (nSPS) is 17.2. The molecule has 0 aromatic heterocycles. The maximum atomic E-state index is 12.3. The highest BCUT2D eigenvalue weighted by molar-refractivity contribution is 5.97. The van der Waals surface area contributed by atoms with Crippen LogP contribution in [0.3, 0.4) is 0 Å². The van der Waals surface area contributed by atoms with Crippen LogP contribution < -0.4 is 4.74 Å². The third kappa shape index (κ3) is 2.48. The smallest absolute Gasteiger partial charge is 0.311 e.